The number of anilines is 1. The summed E-state index contributed by atoms with van der Waals surface area (Å²) in [5.41, 5.74) is 5.69. The Balaban J connectivity index is 1.99. The maximum absolute atomic E-state index is 11.2. The standard InChI is InChI=1S/C21H24N2O3/c1-15-11-16(2)21(17(3)12-15)22-9-10-26-20(14-22)19(13-23(24)25)18-7-5-4-6-8-18/h4-8,11-12,14,19H,9-10,13H2,1-3H3. The van der Waals surface area contributed by atoms with Crippen molar-refractivity contribution >= 4 is 5.69 Å². The van der Waals surface area contributed by atoms with Gasteiger partial charge in [-0.2, -0.15) is 0 Å². The average molecular weight is 352 g/mol. The molecule has 0 amide bonds. The number of hydrogen-bond donors (Lipinski definition) is 0. The van der Waals surface area contributed by atoms with E-state index >= 15 is 0 Å². The minimum atomic E-state index is -0.389. The first-order valence-electron chi connectivity index (χ1n) is 8.81. The lowest BCUT2D eigenvalue weighted by Crippen LogP contribution is -2.31. The number of aryl methyl sites for hydroxylation is 3. The summed E-state index contributed by atoms with van der Waals surface area (Å²) in [5, 5.41) is 11.2. The van der Waals surface area contributed by atoms with Crippen LogP contribution in [0.15, 0.2) is 54.4 Å². The van der Waals surface area contributed by atoms with E-state index in [2.05, 4.69) is 37.8 Å². The van der Waals surface area contributed by atoms with Crippen LogP contribution in [0.25, 0.3) is 0 Å². The van der Waals surface area contributed by atoms with Crippen LogP contribution in [0.1, 0.15) is 28.2 Å². The second-order valence-corrected chi connectivity index (χ2v) is 6.80. The SMILES string of the molecule is Cc1cc(C)c(N2C=C(C(C[N+](=O)[O-])c3ccccc3)OCC2)c(C)c1. The lowest BCUT2D eigenvalue weighted by Gasteiger charge is -2.32. The predicted octanol–water partition coefficient (Wildman–Crippen LogP) is 4.35. The van der Waals surface area contributed by atoms with Crippen molar-refractivity contribution in [1.82, 2.24) is 0 Å². The van der Waals surface area contributed by atoms with Gasteiger partial charge in [-0.05, 0) is 37.5 Å². The third-order valence-corrected chi connectivity index (χ3v) is 4.68. The van der Waals surface area contributed by atoms with Crippen molar-refractivity contribution in [2.24, 2.45) is 0 Å². The molecule has 0 radical (unpaired) electrons. The zero-order chi connectivity index (χ0) is 18.7. The maximum Gasteiger partial charge on any atom is 0.217 e. The van der Waals surface area contributed by atoms with Crippen LogP contribution in [0, 0.1) is 30.9 Å². The van der Waals surface area contributed by atoms with Crippen LogP contribution in [-0.2, 0) is 4.74 Å². The van der Waals surface area contributed by atoms with Crippen molar-refractivity contribution in [2.75, 3.05) is 24.6 Å². The van der Waals surface area contributed by atoms with E-state index in [1.54, 1.807) is 0 Å². The van der Waals surface area contributed by atoms with Crippen molar-refractivity contribution in [3.63, 3.8) is 0 Å². The lowest BCUT2D eigenvalue weighted by molar-refractivity contribution is -0.482. The van der Waals surface area contributed by atoms with Crippen molar-refractivity contribution in [3.8, 4) is 0 Å². The van der Waals surface area contributed by atoms with Crippen molar-refractivity contribution in [1.29, 1.82) is 0 Å². The number of nitrogens with zero attached hydrogens (tertiary/aromatic N) is 2. The molecule has 2 aromatic carbocycles. The smallest absolute Gasteiger partial charge is 0.217 e. The van der Waals surface area contributed by atoms with E-state index in [0.717, 1.165) is 17.8 Å². The van der Waals surface area contributed by atoms with Crippen molar-refractivity contribution in [3.05, 3.63) is 86.8 Å². The van der Waals surface area contributed by atoms with Crippen LogP contribution in [0.4, 0.5) is 5.69 Å². The van der Waals surface area contributed by atoms with Gasteiger partial charge in [0.2, 0.25) is 6.54 Å². The topological polar surface area (TPSA) is 55.6 Å². The molecule has 3 rings (SSSR count). The summed E-state index contributed by atoms with van der Waals surface area (Å²) in [5.74, 6) is 0.263. The van der Waals surface area contributed by atoms with Gasteiger partial charge in [-0.15, -0.1) is 0 Å². The molecular formula is C21H24N2O3. The van der Waals surface area contributed by atoms with E-state index in [1.165, 1.54) is 16.7 Å². The Morgan fingerprint density at radius 1 is 1.15 bits per heavy atom. The molecule has 0 fully saturated rings. The molecule has 0 N–H and O–H groups in total. The normalized spacial score (nSPS) is 15.2. The van der Waals surface area contributed by atoms with Gasteiger partial charge < -0.3 is 9.64 Å². The molecule has 1 heterocycles. The Kier molecular flexibility index (Phi) is 5.26. The fourth-order valence-corrected chi connectivity index (χ4v) is 3.70. The van der Waals surface area contributed by atoms with Crippen LogP contribution >= 0.6 is 0 Å². The van der Waals surface area contributed by atoms with Gasteiger partial charge in [0.25, 0.3) is 0 Å². The molecular weight excluding hydrogens is 328 g/mol. The summed E-state index contributed by atoms with van der Waals surface area (Å²) in [4.78, 5) is 13.1. The third kappa shape index (κ3) is 3.87. The highest BCUT2D eigenvalue weighted by molar-refractivity contribution is 5.62. The third-order valence-electron chi connectivity index (χ3n) is 4.68. The zero-order valence-corrected chi connectivity index (χ0v) is 15.4. The number of ether oxygens (including phenoxy) is 1. The molecule has 0 aliphatic carbocycles. The Bertz CT molecular complexity index is 807. The second kappa shape index (κ2) is 7.60. The summed E-state index contributed by atoms with van der Waals surface area (Å²) in [6, 6.07) is 13.9. The van der Waals surface area contributed by atoms with Crippen molar-refractivity contribution in [2.45, 2.75) is 26.7 Å². The molecule has 0 saturated carbocycles. The average Bonchev–Trinajstić information content (AvgIpc) is 2.60. The van der Waals surface area contributed by atoms with Gasteiger partial charge >= 0.3 is 0 Å². The first kappa shape index (κ1) is 18.0. The molecule has 26 heavy (non-hydrogen) atoms. The van der Waals surface area contributed by atoms with Gasteiger partial charge in [-0.1, -0.05) is 48.0 Å². The predicted molar refractivity (Wildman–Crippen MR) is 103 cm³/mol. The van der Waals surface area contributed by atoms with E-state index in [0.29, 0.717) is 12.4 Å². The summed E-state index contributed by atoms with van der Waals surface area (Å²) in [6.45, 7) is 7.35. The van der Waals surface area contributed by atoms with Crippen LogP contribution in [0.3, 0.4) is 0 Å². The molecule has 2 aromatic rings. The Morgan fingerprint density at radius 2 is 1.81 bits per heavy atom. The minimum Gasteiger partial charge on any atom is -0.494 e. The molecule has 1 aliphatic rings. The number of benzene rings is 2. The molecule has 1 unspecified atom stereocenters. The summed E-state index contributed by atoms with van der Waals surface area (Å²) in [6.07, 6.45) is 1.94. The van der Waals surface area contributed by atoms with E-state index in [-0.39, 0.29) is 17.4 Å². The highest BCUT2D eigenvalue weighted by Gasteiger charge is 2.28. The van der Waals surface area contributed by atoms with Crippen LogP contribution in [-0.4, -0.2) is 24.6 Å². The number of hydrogen-bond acceptors (Lipinski definition) is 4. The zero-order valence-electron chi connectivity index (χ0n) is 15.4. The largest absolute Gasteiger partial charge is 0.494 e. The maximum atomic E-state index is 11.2. The molecule has 0 saturated heterocycles. The molecule has 1 atom stereocenters. The lowest BCUT2D eigenvalue weighted by atomic mass is 9.96. The molecule has 0 spiro atoms. The van der Waals surface area contributed by atoms with E-state index in [4.69, 9.17) is 4.74 Å². The first-order chi connectivity index (χ1) is 12.5. The highest BCUT2D eigenvalue weighted by Crippen LogP contribution is 2.32. The minimum absolute atomic E-state index is 0.185. The van der Waals surface area contributed by atoms with Crippen LogP contribution in [0.5, 0.6) is 0 Å². The number of nitro groups is 1. The van der Waals surface area contributed by atoms with Crippen molar-refractivity contribution < 1.29 is 9.66 Å². The Hall–Kier alpha value is -2.82. The molecule has 5 nitrogen and oxygen atoms in total. The summed E-state index contributed by atoms with van der Waals surface area (Å²) >= 11 is 0. The number of rotatable bonds is 5. The summed E-state index contributed by atoms with van der Waals surface area (Å²) < 4.78 is 5.87. The molecule has 1 aliphatic heterocycles. The van der Waals surface area contributed by atoms with E-state index in [9.17, 15) is 10.1 Å². The van der Waals surface area contributed by atoms with Gasteiger partial charge in [0.1, 0.15) is 18.3 Å². The fraction of sp³-hybridized carbons (Fsp3) is 0.333. The molecule has 136 valence electrons. The van der Waals surface area contributed by atoms with Gasteiger partial charge in [0, 0.05) is 16.8 Å². The second-order valence-electron chi connectivity index (χ2n) is 6.80. The monoisotopic (exact) mass is 352 g/mol. The first-order valence-corrected chi connectivity index (χ1v) is 8.81. The summed E-state index contributed by atoms with van der Waals surface area (Å²) in [7, 11) is 0. The van der Waals surface area contributed by atoms with Gasteiger partial charge in [-0.3, -0.25) is 10.1 Å². The van der Waals surface area contributed by atoms with Gasteiger partial charge in [0.15, 0.2) is 0 Å². The van der Waals surface area contributed by atoms with Gasteiger partial charge in [-0.25, -0.2) is 0 Å². The molecule has 5 heteroatoms. The Morgan fingerprint density at radius 3 is 2.42 bits per heavy atom. The Labute approximate surface area is 154 Å². The van der Waals surface area contributed by atoms with Gasteiger partial charge in [0.05, 0.1) is 6.54 Å². The fourth-order valence-electron chi connectivity index (χ4n) is 3.70. The quantitative estimate of drug-likeness (QED) is 0.593. The molecule has 0 bridgehead atoms. The molecule has 0 aromatic heterocycles. The highest BCUT2D eigenvalue weighted by atomic mass is 16.6. The van der Waals surface area contributed by atoms with Crippen LogP contribution in [0.2, 0.25) is 0 Å². The van der Waals surface area contributed by atoms with Crippen LogP contribution < -0.4 is 4.90 Å². The van der Waals surface area contributed by atoms with E-state index in [1.807, 2.05) is 36.5 Å². The van der Waals surface area contributed by atoms with E-state index < -0.39 is 0 Å².